The molecule has 0 aliphatic rings. The largest absolute Gasteiger partial charge is 0.370 e. The van der Waals surface area contributed by atoms with Gasteiger partial charge in [-0.3, -0.25) is 24.7 Å². The molecule has 0 spiro atoms. The predicted molar refractivity (Wildman–Crippen MR) is 131 cm³/mol. The number of rotatable bonds is 13. The zero-order valence-electron chi connectivity index (χ0n) is 19.2. The van der Waals surface area contributed by atoms with Gasteiger partial charge in [0.05, 0.1) is 6.04 Å². The van der Waals surface area contributed by atoms with E-state index in [1.165, 1.54) is 0 Å². The van der Waals surface area contributed by atoms with Gasteiger partial charge in [-0.25, -0.2) is 0 Å². The molecule has 9 nitrogen and oxygen atoms in total. The molecule has 0 fully saturated rings. The fourth-order valence-corrected chi connectivity index (χ4v) is 3.60. The van der Waals surface area contributed by atoms with E-state index in [2.05, 4.69) is 5.32 Å². The van der Waals surface area contributed by atoms with Crippen LogP contribution in [0, 0.1) is 5.41 Å². The summed E-state index contributed by atoms with van der Waals surface area (Å²) in [7, 11) is 0. The third kappa shape index (κ3) is 8.09. The first kappa shape index (κ1) is 26.7. The standard InChI is InChI=1S/C25H33N6O3/c26-16-19-10-4-11-20(15-19)23(33)31(21(17-32)12-6-14-30-25(28)29)24(34)22(27)13-5-9-18-7-2-1-3-8-18/h1-4,7-8,10-11,15,21-22H,5-6,9,12-14,16,26-27H2,(H4,28,29,30)/t21-,22+/m0/s1. The Labute approximate surface area is 200 Å². The second-order valence-corrected chi connectivity index (χ2v) is 8.02. The lowest BCUT2D eigenvalue weighted by molar-refractivity contribution is -0.131. The van der Waals surface area contributed by atoms with Crippen LogP contribution in [0.25, 0.3) is 0 Å². The number of carbonyl (C=O) groups excluding carboxylic acids is 3. The number of hydrogen-bond donors (Lipinski definition) is 5. The first-order valence-electron chi connectivity index (χ1n) is 11.3. The number of guanidine groups is 1. The summed E-state index contributed by atoms with van der Waals surface area (Å²) in [5.41, 5.74) is 19.3. The van der Waals surface area contributed by atoms with Crippen LogP contribution in [0.3, 0.4) is 0 Å². The van der Waals surface area contributed by atoms with Gasteiger partial charge in [0.25, 0.3) is 5.91 Å². The van der Waals surface area contributed by atoms with Crippen molar-refractivity contribution >= 4 is 24.1 Å². The van der Waals surface area contributed by atoms with Crippen molar-refractivity contribution in [2.45, 2.75) is 50.7 Å². The highest BCUT2D eigenvalue weighted by Gasteiger charge is 2.33. The highest BCUT2D eigenvalue weighted by Crippen LogP contribution is 2.16. The van der Waals surface area contributed by atoms with Gasteiger partial charge in [-0.05, 0) is 55.4 Å². The summed E-state index contributed by atoms with van der Waals surface area (Å²) in [6.45, 7) is 0.545. The highest BCUT2D eigenvalue weighted by molar-refractivity contribution is 6.07. The second kappa shape index (κ2) is 13.9. The molecule has 0 bridgehead atoms. The van der Waals surface area contributed by atoms with Gasteiger partial charge in [-0.1, -0.05) is 42.5 Å². The van der Waals surface area contributed by atoms with Crippen LogP contribution in [0.2, 0.25) is 0 Å². The summed E-state index contributed by atoms with van der Waals surface area (Å²) in [4.78, 5) is 39.4. The lowest BCUT2D eigenvalue weighted by Gasteiger charge is -2.29. The summed E-state index contributed by atoms with van der Waals surface area (Å²) in [6, 6.07) is 14.4. The number of nitrogens with two attached hydrogens (primary N) is 3. The number of imide groups is 1. The van der Waals surface area contributed by atoms with Crippen molar-refractivity contribution in [2.75, 3.05) is 6.54 Å². The average molecular weight is 466 g/mol. The zero-order valence-corrected chi connectivity index (χ0v) is 19.2. The van der Waals surface area contributed by atoms with Gasteiger partial charge in [0, 0.05) is 18.7 Å². The maximum absolute atomic E-state index is 13.4. The Kier molecular flexibility index (Phi) is 10.9. The summed E-state index contributed by atoms with van der Waals surface area (Å²) < 4.78 is 0. The lowest BCUT2D eigenvalue weighted by atomic mass is 10.0. The van der Waals surface area contributed by atoms with Crippen LogP contribution in [0.1, 0.15) is 47.2 Å². The van der Waals surface area contributed by atoms with Crippen molar-refractivity contribution in [3.63, 3.8) is 0 Å². The van der Waals surface area contributed by atoms with E-state index >= 15 is 0 Å². The lowest BCUT2D eigenvalue weighted by Crippen LogP contribution is -2.52. The van der Waals surface area contributed by atoms with Gasteiger partial charge < -0.3 is 22.5 Å². The molecule has 0 saturated heterocycles. The topological polar surface area (TPSA) is 168 Å². The van der Waals surface area contributed by atoms with E-state index < -0.39 is 23.9 Å². The van der Waals surface area contributed by atoms with Gasteiger partial charge in [0.2, 0.25) is 12.2 Å². The number of amides is 2. The monoisotopic (exact) mass is 465 g/mol. The van der Waals surface area contributed by atoms with Crippen molar-refractivity contribution < 1.29 is 14.4 Å². The third-order valence-electron chi connectivity index (χ3n) is 5.42. The van der Waals surface area contributed by atoms with Crippen molar-refractivity contribution in [1.29, 1.82) is 5.41 Å². The van der Waals surface area contributed by atoms with Gasteiger partial charge >= 0.3 is 0 Å². The molecule has 0 aromatic heterocycles. The van der Waals surface area contributed by atoms with Crippen LogP contribution in [-0.4, -0.2) is 47.6 Å². The van der Waals surface area contributed by atoms with Crippen LogP contribution in [-0.2, 0) is 22.6 Å². The Bertz CT molecular complexity index is 966. The van der Waals surface area contributed by atoms with Crippen LogP contribution < -0.4 is 22.5 Å². The minimum atomic E-state index is -1.12. The molecule has 0 saturated carbocycles. The minimum absolute atomic E-state index is 0.161. The molecule has 2 atom stereocenters. The van der Waals surface area contributed by atoms with E-state index in [0.29, 0.717) is 25.8 Å². The molecule has 0 heterocycles. The van der Waals surface area contributed by atoms with Crippen LogP contribution in [0.15, 0.2) is 54.6 Å². The molecule has 8 N–H and O–H groups in total. The van der Waals surface area contributed by atoms with Crippen molar-refractivity contribution in [1.82, 2.24) is 10.2 Å². The quantitative estimate of drug-likeness (QED) is 0.168. The first-order chi connectivity index (χ1) is 16.4. The van der Waals surface area contributed by atoms with Crippen LogP contribution in [0.5, 0.6) is 0 Å². The fourth-order valence-electron chi connectivity index (χ4n) is 3.60. The molecule has 2 aromatic carbocycles. The smallest absolute Gasteiger partial charge is 0.261 e. The molecule has 2 aromatic rings. The molecule has 0 aliphatic carbocycles. The van der Waals surface area contributed by atoms with Gasteiger partial charge in [-0.15, -0.1) is 0 Å². The number of nitrogens with one attached hydrogen (secondary N) is 2. The van der Waals surface area contributed by atoms with Crippen LogP contribution >= 0.6 is 0 Å². The van der Waals surface area contributed by atoms with E-state index in [-0.39, 0.29) is 24.5 Å². The van der Waals surface area contributed by atoms with E-state index in [9.17, 15) is 14.4 Å². The van der Waals surface area contributed by atoms with Crippen molar-refractivity contribution in [3.05, 3.63) is 71.3 Å². The van der Waals surface area contributed by atoms with E-state index in [1.54, 1.807) is 24.3 Å². The molecular weight excluding hydrogens is 432 g/mol. The van der Waals surface area contributed by atoms with Gasteiger partial charge in [-0.2, -0.15) is 0 Å². The molecule has 2 amide bonds. The zero-order chi connectivity index (χ0) is 24.9. The Hall–Kier alpha value is -3.56. The Morgan fingerprint density at radius 1 is 1.03 bits per heavy atom. The maximum atomic E-state index is 13.4. The summed E-state index contributed by atoms with van der Waals surface area (Å²) in [6.07, 6.45) is 4.14. The normalized spacial score (nSPS) is 12.4. The number of nitrogens with zero attached hydrogens (tertiary/aromatic N) is 1. The van der Waals surface area contributed by atoms with Crippen LogP contribution in [0.4, 0.5) is 0 Å². The highest BCUT2D eigenvalue weighted by atomic mass is 16.2. The van der Waals surface area contributed by atoms with E-state index in [4.69, 9.17) is 22.6 Å². The predicted octanol–water partition coefficient (Wildman–Crippen LogP) is 1.21. The van der Waals surface area contributed by atoms with E-state index in [0.717, 1.165) is 22.4 Å². The Balaban J connectivity index is 2.17. The number of benzene rings is 2. The van der Waals surface area contributed by atoms with Gasteiger partial charge in [0.15, 0.2) is 5.96 Å². The second-order valence-electron chi connectivity index (χ2n) is 8.02. The Morgan fingerprint density at radius 2 is 1.74 bits per heavy atom. The summed E-state index contributed by atoms with van der Waals surface area (Å²) in [5.74, 6) is -1.44. The molecule has 34 heavy (non-hydrogen) atoms. The molecule has 0 unspecified atom stereocenters. The molecule has 1 radical (unpaired) electrons. The van der Waals surface area contributed by atoms with E-state index in [1.807, 2.05) is 36.6 Å². The van der Waals surface area contributed by atoms with Gasteiger partial charge in [0.1, 0.15) is 6.04 Å². The fraction of sp³-hybridized carbons (Fsp3) is 0.360. The number of carbonyl (C=O) groups is 2. The average Bonchev–Trinajstić information content (AvgIpc) is 2.85. The van der Waals surface area contributed by atoms with Crippen molar-refractivity contribution in [3.8, 4) is 0 Å². The molecule has 2 rings (SSSR count). The molecular formula is C25H33N6O3. The Morgan fingerprint density at radius 3 is 2.38 bits per heavy atom. The number of hydrogen-bond acceptors (Lipinski definition) is 6. The van der Waals surface area contributed by atoms with Crippen molar-refractivity contribution in [2.24, 2.45) is 17.2 Å². The number of aryl methyl sites for hydroxylation is 1. The summed E-state index contributed by atoms with van der Waals surface area (Å²) in [5, 5.41) is 9.86. The first-order valence-corrected chi connectivity index (χ1v) is 11.3. The molecule has 0 aliphatic heterocycles. The maximum Gasteiger partial charge on any atom is 0.261 e. The molecule has 9 heteroatoms. The summed E-state index contributed by atoms with van der Waals surface area (Å²) >= 11 is 0. The third-order valence-corrected chi connectivity index (χ3v) is 5.42. The molecule has 181 valence electrons. The minimum Gasteiger partial charge on any atom is -0.370 e. The SMILES string of the molecule is N=C(N)NCCC[C@@H]([C]=O)N(C(=O)c1cccc(CN)c1)C(=O)[C@H](N)CCCc1ccccc1.